The van der Waals surface area contributed by atoms with Crippen LogP contribution in [0.2, 0.25) is 39.3 Å². The van der Waals surface area contributed by atoms with E-state index < -0.39 is 16.4 Å². The van der Waals surface area contributed by atoms with Crippen LogP contribution in [-0.4, -0.2) is 34.8 Å². The molecule has 0 radical (unpaired) electrons. The summed E-state index contributed by atoms with van der Waals surface area (Å²) in [5.74, 6) is 0. The Hall–Kier alpha value is 0.354. The van der Waals surface area contributed by atoms with Gasteiger partial charge in [0.05, 0.1) is 8.07 Å². The van der Waals surface area contributed by atoms with E-state index in [0.29, 0.717) is 6.23 Å². The van der Waals surface area contributed by atoms with Crippen LogP contribution in [0.3, 0.4) is 0 Å². The number of rotatable bonds is 2. The summed E-state index contributed by atoms with van der Waals surface area (Å²) in [5.41, 5.74) is 0. The Morgan fingerprint density at radius 1 is 1.00 bits per heavy atom. The third-order valence-corrected chi connectivity index (χ3v) is 3.26. The van der Waals surface area contributed by atoms with E-state index in [4.69, 9.17) is 9.53 Å². The average Bonchev–Trinajstić information content (AvgIpc) is 1.86. The van der Waals surface area contributed by atoms with Gasteiger partial charge in [-0.3, -0.25) is 0 Å². The summed E-state index contributed by atoms with van der Waals surface area (Å²) in [5, 5.41) is 8.46. The second-order valence-electron chi connectivity index (χ2n) is 5.04. The largest absolute Gasteiger partial charge is 0.421 e. The number of aliphatic hydroxyl groups excluding tert-OH is 1. The van der Waals surface area contributed by atoms with E-state index in [2.05, 4.69) is 39.3 Å². The number of hydrogen-bond acceptors (Lipinski definition) is 2. The molecular formula is C8H24O2Si2. The Kier molecular flexibility index (Phi) is 7.31. The molecule has 0 aromatic carbocycles. The van der Waals surface area contributed by atoms with Crippen LogP contribution >= 0.6 is 0 Å². The molecule has 12 heavy (non-hydrogen) atoms. The van der Waals surface area contributed by atoms with Gasteiger partial charge in [-0.25, -0.2) is 0 Å². The molecule has 0 aliphatic rings. The maximum absolute atomic E-state index is 8.46. The van der Waals surface area contributed by atoms with Gasteiger partial charge in [0.25, 0.3) is 0 Å². The molecule has 1 N–H and O–H groups in total. The van der Waals surface area contributed by atoms with Crippen LogP contribution in [0.25, 0.3) is 0 Å². The SMILES string of the molecule is CO[Si](C)(C)C.C[Si](C)(C)CO. The molecule has 0 aliphatic heterocycles. The summed E-state index contributed by atoms with van der Waals surface area (Å²) in [6.45, 7) is 12.9. The van der Waals surface area contributed by atoms with Gasteiger partial charge in [-0.15, -0.1) is 0 Å². The van der Waals surface area contributed by atoms with Crippen LogP contribution in [0.15, 0.2) is 0 Å². The molecular weight excluding hydrogens is 184 g/mol. The highest BCUT2D eigenvalue weighted by atomic mass is 28.4. The van der Waals surface area contributed by atoms with Crippen LogP contribution in [0.4, 0.5) is 0 Å². The molecule has 0 aromatic heterocycles. The summed E-state index contributed by atoms with van der Waals surface area (Å²) >= 11 is 0. The molecule has 0 atom stereocenters. The molecule has 0 fully saturated rings. The molecule has 2 nitrogen and oxygen atoms in total. The van der Waals surface area contributed by atoms with E-state index in [1.165, 1.54) is 0 Å². The topological polar surface area (TPSA) is 29.5 Å². The van der Waals surface area contributed by atoms with Gasteiger partial charge in [0.2, 0.25) is 0 Å². The van der Waals surface area contributed by atoms with E-state index >= 15 is 0 Å². The van der Waals surface area contributed by atoms with Crippen molar-refractivity contribution in [2.75, 3.05) is 13.3 Å². The van der Waals surface area contributed by atoms with Crippen molar-refractivity contribution >= 4 is 16.4 Å². The van der Waals surface area contributed by atoms with Crippen LogP contribution in [0.1, 0.15) is 0 Å². The molecule has 76 valence electrons. The third-order valence-electron chi connectivity index (χ3n) is 1.09. The van der Waals surface area contributed by atoms with E-state index in [-0.39, 0.29) is 0 Å². The van der Waals surface area contributed by atoms with E-state index in [9.17, 15) is 0 Å². The van der Waals surface area contributed by atoms with Gasteiger partial charge < -0.3 is 9.53 Å². The monoisotopic (exact) mass is 208 g/mol. The highest BCUT2D eigenvalue weighted by Gasteiger charge is 2.09. The van der Waals surface area contributed by atoms with Crippen molar-refractivity contribution in [3.8, 4) is 0 Å². The first-order valence-corrected chi connectivity index (χ1v) is 11.4. The summed E-state index contributed by atoms with van der Waals surface area (Å²) in [7, 11) is -0.437. The molecule has 0 aromatic rings. The Labute approximate surface area is 79.1 Å². The first kappa shape index (κ1) is 14.9. The molecule has 0 bridgehead atoms. The second kappa shape index (κ2) is 5.91. The van der Waals surface area contributed by atoms with Crippen LogP contribution in [0, 0.1) is 0 Å². The summed E-state index contributed by atoms with van der Waals surface area (Å²) in [4.78, 5) is 0. The minimum Gasteiger partial charge on any atom is -0.421 e. The first-order valence-electron chi connectivity index (χ1n) is 4.28. The van der Waals surface area contributed by atoms with Crippen LogP contribution < -0.4 is 0 Å². The molecule has 0 rings (SSSR count). The summed E-state index contributed by atoms with van der Waals surface area (Å²) < 4.78 is 5.08. The lowest BCUT2D eigenvalue weighted by Crippen LogP contribution is -2.25. The van der Waals surface area contributed by atoms with Crippen molar-refractivity contribution < 1.29 is 9.53 Å². The molecule has 0 aliphatic carbocycles. The van der Waals surface area contributed by atoms with Crippen LogP contribution in [-0.2, 0) is 4.43 Å². The summed E-state index contributed by atoms with van der Waals surface area (Å²) in [6, 6.07) is 0. The van der Waals surface area contributed by atoms with E-state index in [1.807, 2.05) is 0 Å². The number of hydrogen-bond donors (Lipinski definition) is 1. The van der Waals surface area contributed by atoms with Crippen molar-refractivity contribution in [2.45, 2.75) is 39.3 Å². The van der Waals surface area contributed by atoms with Crippen molar-refractivity contribution in [2.24, 2.45) is 0 Å². The Morgan fingerprint density at radius 3 is 1.17 bits per heavy atom. The zero-order valence-electron chi connectivity index (χ0n) is 9.56. The zero-order chi connectivity index (χ0) is 10.4. The fourth-order valence-corrected chi connectivity index (χ4v) is 0. The standard InChI is InChI=1S/2C4H12OSi/c1-6(2,3)4-5;1-5-6(2,3)4/h5H,4H2,1-3H3;1-4H3. The quantitative estimate of drug-likeness (QED) is 0.706. The van der Waals surface area contributed by atoms with Crippen LogP contribution in [0.5, 0.6) is 0 Å². The van der Waals surface area contributed by atoms with Crippen molar-refractivity contribution in [1.82, 2.24) is 0 Å². The lowest BCUT2D eigenvalue weighted by Gasteiger charge is -2.10. The molecule has 0 unspecified atom stereocenters. The minimum atomic E-state index is -1.13. The third kappa shape index (κ3) is 22.4. The molecule has 0 amide bonds. The molecule has 0 heterocycles. The maximum Gasteiger partial charge on any atom is 0.183 e. The predicted octanol–water partition coefficient (Wildman–Crippen LogP) is 2.32. The second-order valence-corrected chi connectivity index (χ2v) is 15.1. The highest BCUT2D eigenvalue weighted by molar-refractivity contribution is 6.75. The molecule has 0 saturated heterocycles. The summed E-state index contributed by atoms with van der Waals surface area (Å²) in [6.07, 6.45) is 0.410. The highest BCUT2D eigenvalue weighted by Crippen LogP contribution is 1.97. The normalized spacial score (nSPS) is 12.0. The van der Waals surface area contributed by atoms with Gasteiger partial charge in [0.15, 0.2) is 8.32 Å². The van der Waals surface area contributed by atoms with Gasteiger partial charge in [-0.2, -0.15) is 0 Å². The van der Waals surface area contributed by atoms with Crippen molar-refractivity contribution in [3.63, 3.8) is 0 Å². The minimum absolute atomic E-state index is 0.410. The predicted molar refractivity (Wildman–Crippen MR) is 60.8 cm³/mol. The molecule has 4 heteroatoms. The lowest BCUT2D eigenvalue weighted by atomic mass is 11.7. The van der Waals surface area contributed by atoms with Gasteiger partial charge >= 0.3 is 0 Å². The lowest BCUT2D eigenvalue weighted by molar-refractivity contribution is 0.359. The van der Waals surface area contributed by atoms with Gasteiger partial charge in [0.1, 0.15) is 0 Å². The van der Waals surface area contributed by atoms with Crippen molar-refractivity contribution in [1.29, 1.82) is 0 Å². The number of aliphatic hydroxyl groups is 1. The molecule has 0 spiro atoms. The van der Waals surface area contributed by atoms with Crippen molar-refractivity contribution in [3.05, 3.63) is 0 Å². The Bertz CT molecular complexity index is 88.6. The Balaban J connectivity index is 0. The molecule has 0 saturated carbocycles. The Morgan fingerprint density at radius 2 is 1.17 bits per heavy atom. The van der Waals surface area contributed by atoms with E-state index in [0.717, 1.165) is 0 Å². The van der Waals surface area contributed by atoms with E-state index in [1.54, 1.807) is 7.11 Å². The fraction of sp³-hybridized carbons (Fsp3) is 1.00. The zero-order valence-corrected chi connectivity index (χ0v) is 11.6. The van der Waals surface area contributed by atoms with Gasteiger partial charge in [-0.1, -0.05) is 19.6 Å². The smallest absolute Gasteiger partial charge is 0.183 e. The maximum atomic E-state index is 8.46. The van der Waals surface area contributed by atoms with Gasteiger partial charge in [-0.05, 0) is 19.6 Å². The van der Waals surface area contributed by atoms with Gasteiger partial charge in [0, 0.05) is 13.3 Å². The first-order chi connectivity index (χ1) is 5.12. The fourth-order valence-electron chi connectivity index (χ4n) is 0. The average molecular weight is 208 g/mol.